The van der Waals surface area contributed by atoms with Crippen molar-refractivity contribution in [3.05, 3.63) is 22.2 Å². The zero-order chi connectivity index (χ0) is 18.1. The summed E-state index contributed by atoms with van der Waals surface area (Å²) in [5.41, 5.74) is -0.176. The van der Waals surface area contributed by atoms with Crippen LogP contribution in [0.1, 0.15) is 58.1 Å². The van der Waals surface area contributed by atoms with Crippen LogP contribution >= 0.6 is 15.9 Å². The van der Waals surface area contributed by atoms with Crippen LogP contribution in [-0.4, -0.2) is 37.1 Å². The average molecular weight is 420 g/mol. The molecule has 7 heteroatoms. The second-order valence-corrected chi connectivity index (χ2v) is 9.30. The SMILES string of the molecule is CCCC[C@]1(CC)CS(=O)(=O)c2cc(OC)c(Br)cc2[C@@H](C)N1O. The molecular weight excluding hydrogens is 394 g/mol. The Morgan fingerprint density at radius 2 is 2.08 bits per heavy atom. The van der Waals surface area contributed by atoms with Gasteiger partial charge >= 0.3 is 0 Å². The zero-order valence-electron chi connectivity index (χ0n) is 14.7. The number of ether oxygens (including phenoxy) is 1. The van der Waals surface area contributed by atoms with Gasteiger partial charge in [-0.05, 0) is 47.3 Å². The molecule has 136 valence electrons. The summed E-state index contributed by atoms with van der Waals surface area (Å²) < 4.78 is 32.1. The van der Waals surface area contributed by atoms with Crippen molar-refractivity contribution in [1.29, 1.82) is 0 Å². The van der Waals surface area contributed by atoms with E-state index in [1.54, 1.807) is 12.1 Å². The number of methoxy groups -OCH3 is 1. The van der Waals surface area contributed by atoms with Crippen LogP contribution in [0.3, 0.4) is 0 Å². The van der Waals surface area contributed by atoms with Gasteiger partial charge in [-0.1, -0.05) is 26.7 Å². The summed E-state index contributed by atoms with van der Waals surface area (Å²) in [4.78, 5) is 0.251. The van der Waals surface area contributed by atoms with Gasteiger partial charge in [-0.25, -0.2) is 8.42 Å². The second kappa shape index (κ2) is 7.32. The average Bonchev–Trinajstić information content (AvgIpc) is 2.61. The summed E-state index contributed by atoms with van der Waals surface area (Å²) >= 11 is 3.41. The predicted octanol–water partition coefficient (Wildman–Crippen LogP) is 4.34. The van der Waals surface area contributed by atoms with Gasteiger partial charge in [-0.2, -0.15) is 5.06 Å². The molecule has 0 unspecified atom stereocenters. The molecule has 2 rings (SSSR count). The van der Waals surface area contributed by atoms with Crippen LogP contribution in [0.4, 0.5) is 0 Å². The Balaban J connectivity index is 2.66. The van der Waals surface area contributed by atoms with Gasteiger partial charge in [0.05, 0.1) is 33.8 Å². The van der Waals surface area contributed by atoms with Crippen molar-refractivity contribution in [1.82, 2.24) is 5.06 Å². The van der Waals surface area contributed by atoms with Gasteiger partial charge in [-0.15, -0.1) is 0 Å². The van der Waals surface area contributed by atoms with Crippen LogP contribution in [0.5, 0.6) is 5.75 Å². The van der Waals surface area contributed by atoms with Crippen molar-refractivity contribution in [2.24, 2.45) is 0 Å². The molecule has 0 saturated carbocycles. The maximum atomic E-state index is 13.1. The second-order valence-electron chi connectivity index (χ2n) is 6.49. The molecule has 1 aliphatic rings. The third-order valence-electron chi connectivity index (χ3n) is 5.03. The van der Waals surface area contributed by atoms with E-state index in [0.717, 1.165) is 12.8 Å². The first kappa shape index (κ1) is 19.7. The smallest absolute Gasteiger partial charge is 0.180 e. The number of hydroxylamine groups is 2. The van der Waals surface area contributed by atoms with Gasteiger partial charge in [0.15, 0.2) is 9.84 Å². The first-order chi connectivity index (χ1) is 11.2. The van der Waals surface area contributed by atoms with Gasteiger partial charge in [-0.3, -0.25) is 0 Å². The standard InChI is InChI=1S/C17H26BrNO4S/c1-5-7-8-17(6-2)11-24(21,22)16-10-15(23-4)14(18)9-13(16)12(3)19(17)20/h9-10,12,20H,5-8,11H2,1-4H3/t12-,17-/m1/s1. The first-order valence-electron chi connectivity index (χ1n) is 8.30. The summed E-state index contributed by atoms with van der Waals surface area (Å²) in [5.74, 6) is 0.390. The van der Waals surface area contributed by atoms with Crippen LogP contribution in [0.15, 0.2) is 21.5 Å². The van der Waals surface area contributed by atoms with Gasteiger partial charge in [0.1, 0.15) is 5.75 Å². The molecule has 1 heterocycles. The molecule has 1 N–H and O–H groups in total. The molecule has 0 bridgehead atoms. The Morgan fingerprint density at radius 3 is 2.62 bits per heavy atom. The molecule has 0 saturated heterocycles. The number of benzene rings is 1. The molecular formula is C17H26BrNO4S. The lowest BCUT2D eigenvalue weighted by molar-refractivity contribution is -0.198. The number of unbranched alkanes of at least 4 members (excludes halogenated alkanes) is 1. The van der Waals surface area contributed by atoms with Gasteiger partial charge < -0.3 is 9.94 Å². The molecule has 0 aliphatic carbocycles. The monoisotopic (exact) mass is 419 g/mol. The highest BCUT2D eigenvalue weighted by Crippen LogP contribution is 2.43. The molecule has 1 aromatic rings. The highest BCUT2D eigenvalue weighted by atomic mass is 79.9. The van der Waals surface area contributed by atoms with E-state index in [-0.39, 0.29) is 10.6 Å². The number of nitrogens with zero attached hydrogens (tertiary/aromatic N) is 1. The van der Waals surface area contributed by atoms with Crippen LogP contribution in [0, 0.1) is 0 Å². The quantitative estimate of drug-likeness (QED) is 0.768. The minimum Gasteiger partial charge on any atom is -0.496 e. The summed E-state index contributed by atoms with van der Waals surface area (Å²) in [6.45, 7) is 5.85. The Kier molecular flexibility index (Phi) is 6.00. The van der Waals surface area contributed by atoms with Gasteiger partial charge in [0, 0.05) is 6.07 Å². The van der Waals surface area contributed by atoms with Crippen molar-refractivity contribution in [3.8, 4) is 5.75 Å². The topological polar surface area (TPSA) is 66.8 Å². The summed E-state index contributed by atoms with van der Waals surface area (Å²) in [6.07, 6.45) is 3.04. The molecule has 5 nitrogen and oxygen atoms in total. The van der Waals surface area contributed by atoms with E-state index in [4.69, 9.17) is 4.74 Å². The lowest BCUT2D eigenvalue weighted by atomic mass is 9.89. The predicted molar refractivity (Wildman–Crippen MR) is 97.3 cm³/mol. The van der Waals surface area contributed by atoms with Crippen LogP contribution in [-0.2, 0) is 9.84 Å². The third kappa shape index (κ3) is 3.36. The van der Waals surface area contributed by atoms with Crippen molar-refractivity contribution < 1.29 is 18.4 Å². The largest absolute Gasteiger partial charge is 0.496 e. The minimum absolute atomic E-state index is 0.0882. The fourth-order valence-corrected chi connectivity index (χ4v) is 6.22. The Morgan fingerprint density at radius 1 is 1.42 bits per heavy atom. The minimum atomic E-state index is -3.55. The summed E-state index contributed by atoms with van der Waals surface area (Å²) in [5, 5.41) is 12.2. The van der Waals surface area contributed by atoms with Gasteiger partial charge in [0.2, 0.25) is 0 Å². The highest BCUT2D eigenvalue weighted by Gasteiger charge is 2.46. The van der Waals surface area contributed by atoms with E-state index < -0.39 is 21.4 Å². The van der Waals surface area contributed by atoms with Crippen LogP contribution < -0.4 is 4.74 Å². The number of halogens is 1. The van der Waals surface area contributed by atoms with Crippen molar-refractivity contribution in [2.75, 3.05) is 12.9 Å². The van der Waals surface area contributed by atoms with E-state index in [1.807, 2.05) is 13.8 Å². The normalized spacial score (nSPS) is 26.7. The zero-order valence-corrected chi connectivity index (χ0v) is 17.1. The maximum absolute atomic E-state index is 13.1. The number of hydrogen-bond donors (Lipinski definition) is 1. The molecule has 2 atom stereocenters. The molecule has 0 aromatic heterocycles. The number of rotatable bonds is 5. The van der Waals surface area contributed by atoms with E-state index in [1.165, 1.54) is 12.2 Å². The third-order valence-corrected chi connectivity index (χ3v) is 7.60. The molecule has 0 spiro atoms. The number of sulfone groups is 1. The fraction of sp³-hybridized carbons (Fsp3) is 0.647. The summed E-state index contributed by atoms with van der Waals surface area (Å²) in [6, 6.07) is 2.88. The van der Waals surface area contributed by atoms with E-state index in [9.17, 15) is 13.6 Å². The Bertz CT molecular complexity index is 707. The van der Waals surface area contributed by atoms with Crippen LogP contribution in [0.2, 0.25) is 0 Å². The van der Waals surface area contributed by atoms with E-state index >= 15 is 0 Å². The summed E-state index contributed by atoms with van der Waals surface area (Å²) in [7, 11) is -2.04. The van der Waals surface area contributed by atoms with Crippen molar-refractivity contribution in [3.63, 3.8) is 0 Å². The maximum Gasteiger partial charge on any atom is 0.180 e. The molecule has 1 aromatic carbocycles. The molecule has 0 fully saturated rings. The van der Waals surface area contributed by atoms with E-state index in [0.29, 0.717) is 28.6 Å². The van der Waals surface area contributed by atoms with Crippen LogP contribution in [0.25, 0.3) is 0 Å². The molecule has 0 amide bonds. The van der Waals surface area contributed by atoms with Gasteiger partial charge in [0.25, 0.3) is 0 Å². The Hall–Kier alpha value is -0.630. The van der Waals surface area contributed by atoms with Crippen molar-refractivity contribution in [2.45, 2.75) is 62.9 Å². The fourth-order valence-electron chi connectivity index (χ4n) is 3.48. The first-order valence-corrected chi connectivity index (χ1v) is 10.8. The van der Waals surface area contributed by atoms with Crippen molar-refractivity contribution >= 4 is 25.8 Å². The Labute approximate surface area is 153 Å². The molecule has 24 heavy (non-hydrogen) atoms. The lowest BCUT2D eigenvalue weighted by Gasteiger charge is -2.40. The molecule has 0 radical (unpaired) electrons. The lowest BCUT2D eigenvalue weighted by Crippen LogP contribution is -2.50. The molecule has 1 aliphatic heterocycles. The number of hydrogen-bond acceptors (Lipinski definition) is 5. The highest BCUT2D eigenvalue weighted by molar-refractivity contribution is 9.10. The van der Waals surface area contributed by atoms with E-state index in [2.05, 4.69) is 22.9 Å². The number of fused-ring (bicyclic) bond motifs is 1.